The van der Waals surface area contributed by atoms with Gasteiger partial charge in [0.2, 0.25) is 5.91 Å². The average molecular weight is 404 g/mol. The molecule has 1 saturated heterocycles. The average Bonchev–Trinajstić information content (AvgIpc) is 2.77. The number of nitrogens with two attached hydrogens (primary N) is 2. The number of hydrogen-bond donors (Lipinski definition) is 2. The van der Waals surface area contributed by atoms with Crippen LogP contribution in [0.5, 0.6) is 0 Å². The number of amides is 1. The van der Waals surface area contributed by atoms with E-state index in [1.54, 1.807) is 0 Å². The third-order valence-corrected chi connectivity index (χ3v) is 5.89. The molecular formula is C24H29N5O. The minimum absolute atomic E-state index is 0.498. The van der Waals surface area contributed by atoms with Gasteiger partial charge in [0.1, 0.15) is 6.04 Å². The van der Waals surface area contributed by atoms with Crippen molar-refractivity contribution < 1.29 is 4.79 Å². The Balaban J connectivity index is 1.36. The Morgan fingerprint density at radius 3 is 2.60 bits per heavy atom. The summed E-state index contributed by atoms with van der Waals surface area (Å²) in [5.74, 6) is -0.498. The van der Waals surface area contributed by atoms with Gasteiger partial charge in [0, 0.05) is 49.5 Å². The lowest BCUT2D eigenvalue weighted by Crippen LogP contribution is -2.47. The lowest BCUT2D eigenvalue weighted by atomic mass is 10.0. The van der Waals surface area contributed by atoms with E-state index >= 15 is 0 Å². The van der Waals surface area contributed by atoms with Crippen molar-refractivity contribution >= 4 is 22.5 Å². The summed E-state index contributed by atoms with van der Waals surface area (Å²) in [6, 6.07) is 17.8. The van der Waals surface area contributed by atoms with Crippen LogP contribution in [-0.2, 0) is 11.2 Å². The van der Waals surface area contributed by atoms with Crippen molar-refractivity contribution in [2.45, 2.75) is 19.4 Å². The molecule has 3 aromatic rings. The largest absolute Gasteiger partial charge is 0.368 e. The number of carbonyl (C=O) groups excluding carboxylic acids is 1. The van der Waals surface area contributed by atoms with Gasteiger partial charge in [0.25, 0.3) is 0 Å². The number of rotatable bonds is 6. The van der Waals surface area contributed by atoms with Gasteiger partial charge < -0.3 is 16.4 Å². The van der Waals surface area contributed by atoms with Gasteiger partial charge in [-0.25, -0.2) is 0 Å². The highest BCUT2D eigenvalue weighted by molar-refractivity contribution is 5.92. The highest BCUT2D eigenvalue weighted by Gasteiger charge is 2.19. The van der Waals surface area contributed by atoms with Crippen LogP contribution in [0.25, 0.3) is 10.9 Å². The molecule has 0 spiro atoms. The molecule has 1 atom stereocenters. The Hall–Kier alpha value is -2.96. The summed E-state index contributed by atoms with van der Waals surface area (Å²) in [4.78, 5) is 21.0. The van der Waals surface area contributed by atoms with Crippen molar-refractivity contribution in [3.05, 3.63) is 71.4 Å². The highest BCUT2D eigenvalue weighted by atomic mass is 16.1. The fourth-order valence-corrected chi connectivity index (χ4v) is 4.12. The van der Waals surface area contributed by atoms with Crippen LogP contribution in [-0.4, -0.2) is 48.5 Å². The van der Waals surface area contributed by atoms with E-state index in [9.17, 15) is 4.79 Å². The first-order valence-electron chi connectivity index (χ1n) is 10.5. The molecular weight excluding hydrogens is 374 g/mol. The van der Waals surface area contributed by atoms with Gasteiger partial charge in [-0.15, -0.1) is 0 Å². The van der Waals surface area contributed by atoms with Crippen LogP contribution in [0.15, 0.2) is 54.6 Å². The minimum Gasteiger partial charge on any atom is -0.368 e. The second kappa shape index (κ2) is 8.81. The Bertz CT molecular complexity index is 1040. The van der Waals surface area contributed by atoms with Crippen molar-refractivity contribution in [3.8, 4) is 0 Å². The van der Waals surface area contributed by atoms with Crippen LogP contribution in [0.1, 0.15) is 22.9 Å². The van der Waals surface area contributed by atoms with Gasteiger partial charge in [-0.3, -0.25) is 14.7 Å². The highest BCUT2D eigenvalue weighted by Crippen LogP contribution is 2.27. The summed E-state index contributed by atoms with van der Waals surface area (Å²) >= 11 is 0. The summed E-state index contributed by atoms with van der Waals surface area (Å²) in [7, 11) is 0. The minimum atomic E-state index is -0.743. The van der Waals surface area contributed by atoms with E-state index in [0.717, 1.165) is 55.9 Å². The summed E-state index contributed by atoms with van der Waals surface area (Å²) in [6.07, 6.45) is 0.927. The molecule has 1 aliphatic rings. The standard InChI is InChI=1S/C24H29N5O/c1-17-8-9-20-21(27-17)6-3-7-22(20)29-14-12-28(13-15-29)11-10-18-4-2-5-19(16-18)23(25)24(26)30/h2-9,16,23H,10-15,25H2,1H3,(H2,26,30). The van der Waals surface area contributed by atoms with Gasteiger partial charge in [-0.2, -0.15) is 0 Å². The van der Waals surface area contributed by atoms with Crippen LogP contribution in [0.3, 0.4) is 0 Å². The number of pyridine rings is 1. The molecule has 6 heteroatoms. The third kappa shape index (κ3) is 4.45. The number of aryl methyl sites for hydroxylation is 1. The zero-order chi connectivity index (χ0) is 21.1. The molecule has 1 amide bonds. The molecule has 4 rings (SSSR count). The van der Waals surface area contributed by atoms with Crippen molar-refractivity contribution in [1.82, 2.24) is 9.88 Å². The molecule has 1 aliphatic heterocycles. The topological polar surface area (TPSA) is 88.5 Å². The van der Waals surface area contributed by atoms with Gasteiger partial charge >= 0.3 is 0 Å². The second-order valence-corrected chi connectivity index (χ2v) is 8.00. The number of anilines is 1. The predicted octanol–water partition coefficient (Wildman–Crippen LogP) is 2.39. The zero-order valence-corrected chi connectivity index (χ0v) is 17.4. The molecule has 2 aromatic carbocycles. The van der Waals surface area contributed by atoms with Gasteiger partial charge in [0.05, 0.1) is 5.52 Å². The van der Waals surface area contributed by atoms with Crippen LogP contribution < -0.4 is 16.4 Å². The van der Waals surface area contributed by atoms with Crippen molar-refractivity contribution in [2.75, 3.05) is 37.6 Å². The molecule has 1 unspecified atom stereocenters. The Morgan fingerprint density at radius 2 is 1.83 bits per heavy atom. The fraction of sp³-hybridized carbons (Fsp3) is 0.333. The quantitative estimate of drug-likeness (QED) is 0.660. The Morgan fingerprint density at radius 1 is 1.07 bits per heavy atom. The summed E-state index contributed by atoms with van der Waals surface area (Å²) in [6.45, 7) is 7.06. The molecule has 2 heterocycles. The first-order chi connectivity index (χ1) is 14.5. The number of aromatic nitrogens is 1. The molecule has 156 valence electrons. The van der Waals surface area contributed by atoms with Crippen molar-refractivity contribution in [3.63, 3.8) is 0 Å². The Labute approximate surface area is 177 Å². The molecule has 0 bridgehead atoms. The van der Waals surface area contributed by atoms with Crippen LogP contribution in [0.4, 0.5) is 5.69 Å². The SMILES string of the molecule is Cc1ccc2c(N3CCN(CCc4cccc(C(N)C(N)=O)c4)CC3)cccc2n1. The monoisotopic (exact) mass is 403 g/mol. The van der Waals surface area contributed by atoms with Gasteiger partial charge in [-0.1, -0.05) is 30.3 Å². The maximum absolute atomic E-state index is 11.3. The lowest BCUT2D eigenvalue weighted by molar-refractivity contribution is -0.119. The molecule has 0 radical (unpaired) electrons. The summed E-state index contributed by atoms with van der Waals surface area (Å²) in [5.41, 5.74) is 16.5. The molecule has 1 aromatic heterocycles. The molecule has 1 fully saturated rings. The first kappa shape index (κ1) is 20.3. The second-order valence-electron chi connectivity index (χ2n) is 8.00. The van der Waals surface area contributed by atoms with Gasteiger partial charge in [-0.05, 0) is 48.7 Å². The van der Waals surface area contributed by atoms with E-state index in [1.165, 1.54) is 16.6 Å². The number of carbonyl (C=O) groups is 1. The molecule has 0 saturated carbocycles. The number of benzene rings is 2. The molecule has 4 N–H and O–H groups in total. The number of nitrogens with zero attached hydrogens (tertiary/aromatic N) is 3. The van der Waals surface area contributed by atoms with Crippen LogP contribution in [0.2, 0.25) is 0 Å². The molecule has 0 aliphatic carbocycles. The number of hydrogen-bond acceptors (Lipinski definition) is 5. The summed E-state index contributed by atoms with van der Waals surface area (Å²) in [5, 5.41) is 1.22. The zero-order valence-electron chi connectivity index (χ0n) is 17.4. The lowest BCUT2D eigenvalue weighted by Gasteiger charge is -2.36. The van der Waals surface area contributed by atoms with Crippen LogP contribution >= 0.6 is 0 Å². The van der Waals surface area contributed by atoms with Crippen molar-refractivity contribution in [1.29, 1.82) is 0 Å². The smallest absolute Gasteiger partial charge is 0.238 e. The number of fused-ring (bicyclic) bond motifs is 1. The molecule has 30 heavy (non-hydrogen) atoms. The predicted molar refractivity (Wildman–Crippen MR) is 121 cm³/mol. The molecule has 6 nitrogen and oxygen atoms in total. The van der Waals surface area contributed by atoms with Gasteiger partial charge in [0.15, 0.2) is 0 Å². The van der Waals surface area contributed by atoms with E-state index in [2.05, 4.69) is 51.2 Å². The van der Waals surface area contributed by atoms with Crippen LogP contribution in [0, 0.1) is 6.92 Å². The first-order valence-corrected chi connectivity index (χ1v) is 10.5. The number of piperazine rings is 1. The third-order valence-electron chi connectivity index (χ3n) is 5.89. The summed E-state index contributed by atoms with van der Waals surface area (Å²) < 4.78 is 0. The van der Waals surface area contributed by atoms with Crippen molar-refractivity contribution in [2.24, 2.45) is 11.5 Å². The Kier molecular flexibility index (Phi) is 5.97. The fourth-order valence-electron chi connectivity index (χ4n) is 4.12. The maximum atomic E-state index is 11.3. The number of primary amides is 1. The van der Waals surface area contributed by atoms with E-state index in [0.29, 0.717) is 0 Å². The normalized spacial score (nSPS) is 16.0. The van der Waals surface area contributed by atoms with E-state index in [-0.39, 0.29) is 0 Å². The van der Waals surface area contributed by atoms with E-state index in [1.807, 2.05) is 25.1 Å². The maximum Gasteiger partial charge on any atom is 0.238 e. The van der Waals surface area contributed by atoms with E-state index in [4.69, 9.17) is 11.5 Å². The van der Waals surface area contributed by atoms with E-state index < -0.39 is 11.9 Å².